The highest BCUT2D eigenvalue weighted by Crippen LogP contribution is 2.20. The van der Waals surface area contributed by atoms with E-state index in [1.807, 2.05) is 0 Å². The van der Waals surface area contributed by atoms with Crippen LogP contribution >= 0.6 is 0 Å². The Kier molecular flexibility index (Phi) is 4.79. The Morgan fingerprint density at radius 1 is 1.04 bits per heavy atom. The number of alkyl halides is 3. The molecule has 9 heteroatoms. The molecule has 1 heterocycles. The van der Waals surface area contributed by atoms with Crippen LogP contribution in [0.5, 0.6) is 5.75 Å². The fourth-order valence-electron chi connectivity index (χ4n) is 2.40. The third kappa shape index (κ3) is 4.59. The van der Waals surface area contributed by atoms with E-state index in [9.17, 15) is 27.9 Å². The number of hydrogen-bond donors (Lipinski definition) is 2. The summed E-state index contributed by atoms with van der Waals surface area (Å²) in [5.74, 6) is -2.16. The molecule has 0 atom stereocenters. The summed E-state index contributed by atoms with van der Waals surface area (Å²) >= 11 is 0. The van der Waals surface area contributed by atoms with E-state index in [1.54, 1.807) is 0 Å². The second kappa shape index (κ2) is 6.45. The first kappa shape index (κ1) is 17.1. The second-order valence-electron chi connectivity index (χ2n) is 5.26. The molecule has 1 fully saturated rings. The Morgan fingerprint density at radius 2 is 1.61 bits per heavy atom. The number of carbonyl (C=O) groups excluding carboxylic acids is 1. The monoisotopic (exact) mass is 332 g/mol. The standard InChI is InChI=1S/C14H15F3N2O4/c15-14(16,17)8-18-1-3-19(4-2-18)12(21)9-5-10(13(22)23)7-11(20)6-9/h5-7,20H,1-4,8H2,(H,22,23). The first-order valence-electron chi connectivity index (χ1n) is 6.81. The summed E-state index contributed by atoms with van der Waals surface area (Å²) in [7, 11) is 0. The van der Waals surface area contributed by atoms with Crippen LogP contribution in [0.2, 0.25) is 0 Å². The number of carbonyl (C=O) groups is 2. The molecule has 1 aliphatic heterocycles. The molecule has 2 rings (SSSR count). The average Bonchev–Trinajstić information content (AvgIpc) is 2.45. The van der Waals surface area contributed by atoms with Crippen LogP contribution in [0.1, 0.15) is 20.7 Å². The van der Waals surface area contributed by atoms with Gasteiger partial charge in [-0.2, -0.15) is 13.2 Å². The molecule has 126 valence electrons. The number of phenols is 1. The minimum atomic E-state index is -4.28. The molecule has 0 bridgehead atoms. The fourth-order valence-corrected chi connectivity index (χ4v) is 2.40. The number of aromatic hydroxyl groups is 1. The molecule has 6 nitrogen and oxygen atoms in total. The van der Waals surface area contributed by atoms with Gasteiger partial charge in [0.05, 0.1) is 12.1 Å². The maximum atomic E-state index is 12.3. The predicted molar refractivity (Wildman–Crippen MR) is 73.5 cm³/mol. The van der Waals surface area contributed by atoms with E-state index in [0.29, 0.717) is 0 Å². The lowest BCUT2D eigenvalue weighted by molar-refractivity contribution is -0.148. The molecule has 1 aromatic carbocycles. The van der Waals surface area contributed by atoms with Crippen molar-refractivity contribution in [1.29, 1.82) is 0 Å². The molecule has 1 aliphatic rings. The maximum absolute atomic E-state index is 12.3. The van der Waals surface area contributed by atoms with Crippen LogP contribution in [0, 0.1) is 0 Å². The number of piperazine rings is 1. The SMILES string of the molecule is O=C(O)c1cc(O)cc(C(=O)N2CCN(CC(F)(F)F)CC2)c1. The van der Waals surface area contributed by atoms with E-state index >= 15 is 0 Å². The van der Waals surface area contributed by atoms with Crippen LogP contribution < -0.4 is 0 Å². The molecule has 0 aliphatic carbocycles. The average molecular weight is 332 g/mol. The van der Waals surface area contributed by atoms with Crippen LogP contribution in [0.4, 0.5) is 13.2 Å². The fraction of sp³-hybridized carbons (Fsp3) is 0.429. The molecule has 1 saturated heterocycles. The molecule has 0 radical (unpaired) electrons. The number of benzene rings is 1. The zero-order valence-electron chi connectivity index (χ0n) is 12.0. The summed E-state index contributed by atoms with van der Waals surface area (Å²) < 4.78 is 37.0. The lowest BCUT2D eigenvalue weighted by atomic mass is 10.1. The third-order valence-electron chi connectivity index (χ3n) is 3.47. The summed E-state index contributed by atoms with van der Waals surface area (Å²) in [6, 6.07) is 3.28. The Balaban J connectivity index is 2.04. The Hall–Kier alpha value is -2.29. The van der Waals surface area contributed by atoms with Crippen molar-refractivity contribution in [2.45, 2.75) is 6.18 Å². The van der Waals surface area contributed by atoms with E-state index < -0.39 is 24.6 Å². The number of nitrogens with zero attached hydrogens (tertiary/aromatic N) is 2. The number of carboxylic acids is 1. The molecule has 23 heavy (non-hydrogen) atoms. The summed E-state index contributed by atoms with van der Waals surface area (Å²) in [4.78, 5) is 25.8. The van der Waals surface area contributed by atoms with E-state index in [1.165, 1.54) is 9.80 Å². The minimum absolute atomic E-state index is 0.00771. The summed E-state index contributed by atoms with van der Waals surface area (Å²) in [6.45, 7) is -0.657. The van der Waals surface area contributed by atoms with Crippen molar-refractivity contribution in [3.63, 3.8) is 0 Å². The van der Waals surface area contributed by atoms with Gasteiger partial charge in [-0.05, 0) is 18.2 Å². The van der Waals surface area contributed by atoms with Gasteiger partial charge in [0.1, 0.15) is 5.75 Å². The van der Waals surface area contributed by atoms with Crippen molar-refractivity contribution in [1.82, 2.24) is 9.80 Å². The first-order valence-corrected chi connectivity index (χ1v) is 6.81. The predicted octanol–water partition coefficient (Wildman–Crippen LogP) is 1.41. The van der Waals surface area contributed by atoms with Gasteiger partial charge in [-0.15, -0.1) is 0 Å². The lowest BCUT2D eigenvalue weighted by Gasteiger charge is -2.35. The Morgan fingerprint density at radius 3 is 2.13 bits per heavy atom. The van der Waals surface area contributed by atoms with Crippen LogP contribution in [0.15, 0.2) is 18.2 Å². The molecule has 0 saturated carbocycles. The largest absolute Gasteiger partial charge is 0.508 e. The van der Waals surface area contributed by atoms with Crippen LogP contribution in [0.25, 0.3) is 0 Å². The number of hydrogen-bond acceptors (Lipinski definition) is 4. The van der Waals surface area contributed by atoms with Crippen molar-refractivity contribution < 1.29 is 33.0 Å². The third-order valence-corrected chi connectivity index (χ3v) is 3.47. The minimum Gasteiger partial charge on any atom is -0.508 e. The zero-order chi connectivity index (χ0) is 17.2. The Bertz CT molecular complexity index is 611. The molecule has 2 N–H and O–H groups in total. The van der Waals surface area contributed by atoms with Crippen LogP contribution in [0.3, 0.4) is 0 Å². The topological polar surface area (TPSA) is 81.1 Å². The maximum Gasteiger partial charge on any atom is 0.401 e. The van der Waals surface area contributed by atoms with E-state index in [0.717, 1.165) is 18.2 Å². The van der Waals surface area contributed by atoms with Gasteiger partial charge in [0.15, 0.2) is 0 Å². The van der Waals surface area contributed by atoms with Gasteiger partial charge < -0.3 is 15.1 Å². The van der Waals surface area contributed by atoms with Crippen molar-refractivity contribution in [2.24, 2.45) is 0 Å². The molecular formula is C14H15F3N2O4. The van der Waals surface area contributed by atoms with Gasteiger partial charge in [-0.1, -0.05) is 0 Å². The van der Waals surface area contributed by atoms with Crippen molar-refractivity contribution in [3.05, 3.63) is 29.3 Å². The van der Waals surface area contributed by atoms with E-state index in [4.69, 9.17) is 5.11 Å². The van der Waals surface area contributed by atoms with Gasteiger partial charge in [-0.25, -0.2) is 4.79 Å². The summed E-state index contributed by atoms with van der Waals surface area (Å²) in [5, 5.41) is 18.4. The molecule has 1 amide bonds. The van der Waals surface area contributed by atoms with Crippen molar-refractivity contribution in [2.75, 3.05) is 32.7 Å². The van der Waals surface area contributed by atoms with Gasteiger partial charge in [0, 0.05) is 31.7 Å². The molecule has 0 aromatic heterocycles. The second-order valence-corrected chi connectivity index (χ2v) is 5.26. The lowest BCUT2D eigenvalue weighted by Crippen LogP contribution is -2.50. The molecule has 1 aromatic rings. The summed E-state index contributed by atoms with van der Waals surface area (Å²) in [6.07, 6.45) is -4.28. The van der Waals surface area contributed by atoms with Gasteiger partial charge in [-0.3, -0.25) is 9.69 Å². The first-order chi connectivity index (χ1) is 10.7. The Labute approximate surface area is 129 Å². The van der Waals surface area contributed by atoms with Gasteiger partial charge >= 0.3 is 12.1 Å². The number of rotatable bonds is 3. The van der Waals surface area contributed by atoms with Crippen LogP contribution in [-0.2, 0) is 0 Å². The number of phenolic OH excluding ortho intramolecular Hbond substituents is 1. The smallest absolute Gasteiger partial charge is 0.401 e. The van der Waals surface area contributed by atoms with E-state index in [2.05, 4.69) is 0 Å². The quantitative estimate of drug-likeness (QED) is 0.875. The zero-order valence-corrected chi connectivity index (χ0v) is 12.0. The number of halogens is 3. The number of amides is 1. The van der Waals surface area contributed by atoms with Crippen LogP contribution in [-0.4, -0.2) is 70.8 Å². The molecular weight excluding hydrogens is 317 g/mol. The van der Waals surface area contributed by atoms with Gasteiger partial charge in [0.2, 0.25) is 0 Å². The summed E-state index contributed by atoms with van der Waals surface area (Å²) in [5.41, 5.74) is -0.240. The molecule has 0 unspecified atom stereocenters. The van der Waals surface area contributed by atoms with E-state index in [-0.39, 0.29) is 43.1 Å². The highest BCUT2D eigenvalue weighted by Gasteiger charge is 2.33. The molecule has 0 spiro atoms. The van der Waals surface area contributed by atoms with Gasteiger partial charge in [0.25, 0.3) is 5.91 Å². The van der Waals surface area contributed by atoms with Crippen molar-refractivity contribution >= 4 is 11.9 Å². The number of aromatic carboxylic acids is 1. The number of carboxylic acid groups (broad SMARTS) is 1. The highest BCUT2D eigenvalue weighted by molar-refractivity contribution is 5.98. The van der Waals surface area contributed by atoms with Crippen molar-refractivity contribution in [3.8, 4) is 5.75 Å². The highest BCUT2D eigenvalue weighted by atomic mass is 19.4. The normalized spacial score (nSPS) is 16.4.